The van der Waals surface area contributed by atoms with Crippen LogP contribution < -0.4 is 0 Å². The van der Waals surface area contributed by atoms with Gasteiger partial charge >= 0.3 is 0 Å². The van der Waals surface area contributed by atoms with Crippen molar-refractivity contribution in [2.45, 2.75) is 32.8 Å². The van der Waals surface area contributed by atoms with Crippen LogP contribution in [0.4, 0.5) is 0 Å². The summed E-state index contributed by atoms with van der Waals surface area (Å²) in [6, 6.07) is 0. The number of nitrogens with zero attached hydrogens (tertiary/aromatic N) is 1. The summed E-state index contributed by atoms with van der Waals surface area (Å²) in [4.78, 5) is 5.81. The van der Waals surface area contributed by atoms with Gasteiger partial charge in [0.1, 0.15) is 11.1 Å². The van der Waals surface area contributed by atoms with Gasteiger partial charge in [0.15, 0.2) is 0 Å². The Morgan fingerprint density at radius 2 is 2.33 bits per heavy atom. The molecule has 0 bridgehead atoms. The van der Waals surface area contributed by atoms with Crippen molar-refractivity contribution in [3.8, 4) is 0 Å². The van der Waals surface area contributed by atoms with Gasteiger partial charge in [0, 0.05) is 11.5 Å². The lowest BCUT2D eigenvalue weighted by molar-refractivity contribution is 0.111. The van der Waals surface area contributed by atoms with Crippen molar-refractivity contribution in [2.24, 2.45) is 0 Å². The van der Waals surface area contributed by atoms with Crippen molar-refractivity contribution in [3.63, 3.8) is 0 Å². The van der Waals surface area contributed by atoms with E-state index >= 15 is 0 Å². The lowest BCUT2D eigenvalue weighted by Gasteiger charge is -2.02. The van der Waals surface area contributed by atoms with E-state index in [4.69, 9.17) is 4.74 Å². The molecule has 1 aromatic rings. The molecule has 1 atom stereocenters. The molecular formula is C9H13NOS. The maximum absolute atomic E-state index is 5.56. The van der Waals surface area contributed by atoms with Gasteiger partial charge in [-0.3, -0.25) is 0 Å². The minimum absolute atomic E-state index is 0.294. The molecule has 0 amide bonds. The number of aromatic nitrogens is 1. The van der Waals surface area contributed by atoms with E-state index in [9.17, 15) is 0 Å². The second-order valence-corrected chi connectivity index (χ2v) is 4.43. The third-order valence-electron chi connectivity index (χ3n) is 2.25. The highest BCUT2D eigenvalue weighted by Gasteiger charge is 2.21. The van der Waals surface area contributed by atoms with Gasteiger partial charge in [-0.1, -0.05) is 0 Å². The molecule has 1 aliphatic heterocycles. The van der Waals surface area contributed by atoms with Gasteiger partial charge in [0.05, 0.1) is 5.69 Å². The molecule has 66 valence electrons. The number of rotatable bonds is 1. The first-order valence-corrected chi connectivity index (χ1v) is 5.14. The lowest BCUT2D eigenvalue weighted by atomic mass is 10.2. The van der Waals surface area contributed by atoms with Gasteiger partial charge in [-0.15, -0.1) is 11.3 Å². The minimum Gasteiger partial charge on any atom is -0.371 e. The molecule has 3 heteroatoms. The molecule has 0 spiro atoms. The predicted molar refractivity (Wildman–Crippen MR) is 49.5 cm³/mol. The molecule has 1 aromatic heterocycles. The van der Waals surface area contributed by atoms with Crippen LogP contribution in [0.15, 0.2) is 0 Å². The molecule has 1 saturated heterocycles. The molecule has 2 heterocycles. The monoisotopic (exact) mass is 183 g/mol. The average molecular weight is 183 g/mol. The van der Waals surface area contributed by atoms with Crippen LogP contribution in [0, 0.1) is 13.8 Å². The Balaban J connectivity index is 2.21. The van der Waals surface area contributed by atoms with Crippen molar-refractivity contribution in [1.82, 2.24) is 4.98 Å². The lowest BCUT2D eigenvalue weighted by Crippen LogP contribution is -1.94. The maximum Gasteiger partial charge on any atom is 0.122 e. The SMILES string of the molecule is Cc1nc(C2CCCO2)sc1C. The molecule has 2 nitrogen and oxygen atoms in total. The zero-order chi connectivity index (χ0) is 8.55. The van der Waals surface area contributed by atoms with Gasteiger partial charge < -0.3 is 4.74 Å². The number of ether oxygens (including phenoxy) is 1. The van der Waals surface area contributed by atoms with E-state index in [2.05, 4.69) is 18.8 Å². The van der Waals surface area contributed by atoms with Gasteiger partial charge in [-0.2, -0.15) is 0 Å². The number of hydrogen-bond donors (Lipinski definition) is 0. The van der Waals surface area contributed by atoms with E-state index < -0.39 is 0 Å². The summed E-state index contributed by atoms with van der Waals surface area (Å²) in [6.07, 6.45) is 2.62. The smallest absolute Gasteiger partial charge is 0.122 e. The average Bonchev–Trinajstić information content (AvgIpc) is 2.61. The molecular weight excluding hydrogens is 170 g/mol. The molecule has 2 rings (SSSR count). The third kappa shape index (κ3) is 1.39. The van der Waals surface area contributed by atoms with Crippen molar-refractivity contribution in [1.29, 1.82) is 0 Å². The fourth-order valence-electron chi connectivity index (χ4n) is 1.41. The van der Waals surface area contributed by atoms with E-state index in [0.29, 0.717) is 6.10 Å². The molecule has 12 heavy (non-hydrogen) atoms. The second kappa shape index (κ2) is 3.15. The number of thiazole rings is 1. The predicted octanol–water partition coefficient (Wildman–Crippen LogP) is 2.61. The Bertz CT molecular complexity index is 257. The Kier molecular flexibility index (Phi) is 2.15. The van der Waals surface area contributed by atoms with Gasteiger partial charge in [0.2, 0.25) is 0 Å². The standard InChI is InChI=1S/C9H13NOS/c1-6-7(2)12-9(10-6)8-4-3-5-11-8/h8H,3-5H2,1-2H3. The van der Waals surface area contributed by atoms with Crippen molar-refractivity contribution < 1.29 is 4.74 Å². The van der Waals surface area contributed by atoms with Crippen LogP contribution >= 0.6 is 11.3 Å². The Morgan fingerprint density at radius 1 is 1.50 bits per heavy atom. The van der Waals surface area contributed by atoms with Crippen molar-refractivity contribution >= 4 is 11.3 Å². The molecule has 1 aliphatic rings. The maximum atomic E-state index is 5.56. The summed E-state index contributed by atoms with van der Waals surface area (Å²) in [5.74, 6) is 0. The quantitative estimate of drug-likeness (QED) is 0.667. The third-order valence-corrected chi connectivity index (χ3v) is 3.42. The van der Waals surface area contributed by atoms with Crippen molar-refractivity contribution in [3.05, 3.63) is 15.6 Å². The van der Waals surface area contributed by atoms with Crippen LogP contribution in [0.1, 0.15) is 34.5 Å². The first-order chi connectivity index (χ1) is 5.77. The summed E-state index contributed by atoms with van der Waals surface area (Å²) >= 11 is 1.78. The van der Waals surface area contributed by atoms with Crippen LogP contribution in [-0.4, -0.2) is 11.6 Å². The van der Waals surface area contributed by atoms with Crippen LogP contribution in [0.25, 0.3) is 0 Å². The number of aryl methyl sites for hydroxylation is 2. The topological polar surface area (TPSA) is 22.1 Å². The van der Waals surface area contributed by atoms with E-state index in [1.54, 1.807) is 11.3 Å². The molecule has 0 N–H and O–H groups in total. The number of hydrogen-bond acceptors (Lipinski definition) is 3. The van der Waals surface area contributed by atoms with Crippen LogP contribution in [-0.2, 0) is 4.74 Å². The first-order valence-electron chi connectivity index (χ1n) is 4.33. The minimum atomic E-state index is 0.294. The zero-order valence-electron chi connectivity index (χ0n) is 7.46. The van der Waals surface area contributed by atoms with E-state index in [1.807, 2.05) is 0 Å². The second-order valence-electron chi connectivity index (χ2n) is 3.20. The summed E-state index contributed by atoms with van der Waals surface area (Å²) in [7, 11) is 0. The van der Waals surface area contributed by atoms with Gasteiger partial charge in [-0.05, 0) is 26.7 Å². The van der Waals surface area contributed by atoms with Crippen molar-refractivity contribution in [2.75, 3.05) is 6.61 Å². The van der Waals surface area contributed by atoms with Gasteiger partial charge in [0.25, 0.3) is 0 Å². The molecule has 1 unspecified atom stereocenters. The largest absolute Gasteiger partial charge is 0.371 e. The Morgan fingerprint density at radius 3 is 2.83 bits per heavy atom. The normalized spacial score (nSPS) is 23.3. The fraction of sp³-hybridized carbons (Fsp3) is 0.667. The zero-order valence-corrected chi connectivity index (χ0v) is 8.28. The highest BCUT2D eigenvalue weighted by molar-refractivity contribution is 7.11. The van der Waals surface area contributed by atoms with Crippen LogP contribution in [0.2, 0.25) is 0 Å². The summed E-state index contributed by atoms with van der Waals surface area (Å²) in [6.45, 7) is 5.08. The highest BCUT2D eigenvalue weighted by Crippen LogP contribution is 2.32. The van der Waals surface area contributed by atoms with Gasteiger partial charge in [-0.25, -0.2) is 4.98 Å². The summed E-state index contributed by atoms with van der Waals surface area (Å²) in [5, 5.41) is 1.17. The first kappa shape index (κ1) is 8.20. The van der Waals surface area contributed by atoms with Crippen LogP contribution in [0.3, 0.4) is 0 Å². The molecule has 1 fully saturated rings. The summed E-state index contributed by atoms with van der Waals surface area (Å²) < 4.78 is 5.56. The van der Waals surface area contributed by atoms with E-state index in [-0.39, 0.29) is 0 Å². The Hall–Kier alpha value is -0.410. The highest BCUT2D eigenvalue weighted by atomic mass is 32.1. The molecule has 0 aliphatic carbocycles. The fourth-order valence-corrected chi connectivity index (χ4v) is 2.41. The Labute approximate surface area is 76.6 Å². The van der Waals surface area contributed by atoms with Crippen LogP contribution in [0.5, 0.6) is 0 Å². The van der Waals surface area contributed by atoms with E-state index in [0.717, 1.165) is 18.7 Å². The van der Waals surface area contributed by atoms with E-state index in [1.165, 1.54) is 16.3 Å². The molecule has 0 aromatic carbocycles. The summed E-state index contributed by atoms with van der Waals surface area (Å²) in [5.41, 5.74) is 1.16. The molecule has 0 radical (unpaired) electrons. The molecule has 0 saturated carbocycles.